The molecule has 0 radical (unpaired) electrons. The van der Waals surface area contributed by atoms with Crippen LogP contribution in [0.2, 0.25) is 0 Å². The van der Waals surface area contributed by atoms with Crippen LogP contribution in [0.25, 0.3) is 0 Å². The molecule has 1 aromatic heterocycles. The van der Waals surface area contributed by atoms with E-state index in [1.54, 1.807) is 0 Å². The molecule has 0 aliphatic carbocycles. The molecule has 2 rings (SSSR count). The third-order valence-electron chi connectivity index (χ3n) is 3.10. The third-order valence-corrected chi connectivity index (χ3v) is 4.11. The Labute approximate surface area is 128 Å². The summed E-state index contributed by atoms with van der Waals surface area (Å²) in [5, 5.41) is 3.39. The molecule has 0 saturated heterocycles. The molecule has 1 amide bonds. The predicted octanol–water partition coefficient (Wildman–Crippen LogP) is 3.23. The summed E-state index contributed by atoms with van der Waals surface area (Å²) in [6.45, 7) is 5.40. The lowest BCUT2D eigenvalue weighted by atomic mass is 10.2. The molecule has 0 unspecified atom stereocenters. The summed E-state index contributed by atoms with van der Waals surface area (Å²) < 4.78 is 5.43. The second-order valence-electron chi connectivity index (χ2n) is 4.88. The Morgan fingerprint density at radius 1 is 1.29 bits per heavy atom. The van der Waals surface area contributed by atoms with Gasteiger partial charge in [-0.3, -0.25) is 4.79 Å². The van der Waals surface area contributed by atoms with Crippen LogP contribution in [0.3, 0.4) is 0 Å². The van der Waals surface area contributed by atoms with Gasteiger partial charge in [0.1, 0.15) is 5.75 Å². The van der Waals surface area contributed by atoms with Gasteiger partial charge in [0.2, 0.25) is 5.91 Å². The van der Waals surface area contributed by atoms with Crippen LogP contribution in [0.4, 0.5) is 5.69 Å². The summed E-state index contributed by atoms with van der Waals surface area (Å²) in [6.07, 6.45) is 0.233. The van der Waals surface area contributed by atoms with Crippen LogP contribution in [-0.4, -0.2) is 12.5 Å². The molecular formula is C16H20N2O2S. The number of hydrogen-bond acceptors (Lipinski definition) is 4. The molecule has 0 saturated carbocycles. The van der Waals surface area contributed by atoms with Gasteiger partial charge in [-0.25, -0.2) is 0 Å². The molecule has 1 aromatic carbocycles. The molecule has 21 heavy (non-hydrogen) atoms. The van der Waals surface area contributed by atoms with Gasteiger partial charge >= 0.3 is 0 Å². The summed E-state index contributed by atoms with van der Waals surface area (Å²) in [7, 11) is 0. The summed E-state index contributed by atoms with van der Waals surface area (Å²) in [6, 6.07) is 9.92. The van der Waals surface area contributed by atoms with E-state index in [2.05, 4.69) is 25.2 Å². The number of primary amides is 1. The number of thiophene rings is 1. The molecule has 0 atom stereocenters. The van der Waals surface area contributed by atoms with E-state index in [1.165, 1.54) is 15.3 Å². The minimum absolute atomic E-state index is 0.233. The maximum absolute atomic E-state index is 10.6. The fourth-order valence-corrected chi connectivity index (χ4v) is 2.94. The van der Waals surface area contributed by atoms with E-state index in [0.717, 1.165) is 18.0 Å². The number of carbonyl (C=O) groups is 1. The Bertz CT molecular complexity index is 605. The first kappa shape index (κ1) is 15.4. The second-order valence-corrected chi connectivity index (χ2v) is 6.34. The van der Waals surface area contributed by atoms with Gasteiger partial charge < -0.3 is 15.8 Å². The molecule has 0 fully saturated rings. The van der Waals surface area contributed by atoms with Gasteiger partial charge in [-0.1, -0.05) is 0 Å². The largest absolute Gasteiger partial charge is 0.493 e. The van der Waals surface area contributed by atoms with Gasteiger partial charge in [0.05, 0.1) is 13.0 Å². The zero-order valence-corrected chi connectivity index (χ0v) is 13.1. The lowest BCUT2D eigenvalue weighted by Gasteiger charge is -2.08. The lowest BCUT2D eigenvalue weighted by molar-refractivity contribution is -0.118. The smallest absolute Gasteiger partial charge is 0.220 e. The van der Waals surface area contributed by atoms with Gasteiger partial charge in [0.15, 0.2) is 0 Å². The minimum atomic E-state index is -0.352. The molecule has 0 spiro atoms. The van der Waals surface area contributed by atoms with E-state index < -0.39 is 0 Å². The maximum atomic E-state index is 10.6. The quantitative estimate of drug-likeness (QED) is 0.825. The lowest BCUT2D eigenvalue weighted by Crippen LogP contribution is -2.14. The van der Waals surface area contributed by atoms with Gasteiger partial charge in [-0.2, -0.15) is 0 Å². The highest BCUT2D eigenvalue weighted by atomic mass is 32.1. The second kappa shape index (κ2) is 7.13. The minimum Gasteiger partial charge on any atom is -0.493 e. The van der Waals surface area contributed by atoms with Crippen LogP contribution in [0.5, 0.6) is 5.75 Å². The SMILES string of the molecule is Cc1cc(CNc2ccc(OCCC(N)=O)cc2)c(C)s1. The van der Waals surface area contributed by atoms with Gasteiger partial charge in [-0.05, 0) is 49.7 Å². The Kier molecular flexibility index (Phi) is 5.22. The van der Waals surface area contributed by atoms with Crippen LogP contribution in [0.15, 0.2) is 30.3 Å². The number of anilines is 1. The Morgan fingerprint density at radius 2 is 2.00 bits per heavy atom. The van der Waals surface area contributed by atoms with Crippen molar-refractivity contribution in [3.63, 3.8) is 0 Å². The van der Waals surface area contributed by atoms with E-state index in [-0.39, 0.29) is 12.3 Å². The summed E-state index contributed by atoms with van der Waals surface area (Å²) in [5.74, 6) is 0.388. The van der Waals surface area contributed by atoms with Crippen molar-refractivity contribution in [3.8, 4) is 5.75 Å². The number of ether oxygens (including phenoxy) is 1. The molecule has 1 heterocycles. The third kappa shape index (κ3) is 4.79. The zero-order valence-electron chi connectivity index (χ0n) is 12.3. The molecule has 0 aliphatic rings. The molecular weight excluding hydrogens is 284 g/mol. The zero-order chi connectivity index (χ0) is 15.2. The van der Waals surface area contributed by atoms with Crippen molar-refractivity contribution in [3.05, 3.63) is 45.6 Å². The van der Waals surface area contributed by atoms with Crippen molar-refractivity contribution in [2.45, 2.75) is 26.8 Å². The Balaban J connectivity index is 1.84. The van der Waals surface area contributed by atoms with E-state index in [9.17, 15) is 4.79 Å². The van der Waals surface area contributed by atoms with Gasteiger partial charge in [-0.15, -0.1) is 11.3 Å². The molecule has 0 aliphatic heterocycles. The average molecular weight is 304 g/mol. The average Bonchev–Trinajstić information content (AvgIpc) is 2.76. The predicted molar refractivity (Wildman–Crippen MR) is 86.9 cm³/mol. The van der Waals surface area contributed by atoms with E-state index in [1.807, 2.05) is 35.6 Å². The van der Waals surface area contributed by atoms with Crippen LogP contribution in [0.1, 0.15) is 21.7 Å². The fraction of sp³-hybridized carbons (Fsp3) is 0.312. The molecule has 0 bridgehead atoms. The molecule has 2 aromatic rings. The van der Waals surface area contributed by atoms with Crippen LogP contribution in [0, 0.1) is 13.8 Å². The fourth-order valence-electron chi connectivity index (χ4n) is 1.99. The van der Waals surface area contributed by atoms with E-state index in [4.69, 9.17) is 10.5 Å². The standard InChI is InChI=1S/C16H20N2O2S/c1-11-9-13(12(2)21-11)10-18-14-3-5-15(6-4-14)20-8-7-16(17)19/h3-6,9,18H,7-8,10H2,1-2H3,(H2,17,19). The topological polar surface area (TPSA) is 64.3 Å². The monoisotopic (exact) mass is 304 g/mol. The van der Waals surface area contributed by atoms with Crippen molar-refractivity contribution in [2.75, 3.05) is 11.9 Å². The molecule has 5 heteroatoms. The van der Waals surface area contributed by atoms with Crippen LogP contribution >= 0.6 is 11.3 Å². The Hall–Kier alpha value is -2.01. The maximum Gasteiger partial charge on any atom is 0.220 e. The number of nitrogens with two attached hydrogens (primary N) is 1. The van der Waals surface area contributed by atoms with Crippen LogP contribution in [-0.2, 0) is 11.3 Å². The number of rotatable bonds is 7. The highest BCUT2D eigenvalue weighted by Gasteiger charge is 2.03. The first-order valence-corrected chi connectivity index (χ1v) is 7.67. The van der Waals surface area contributed by atoms with Crippen molar-refractivity contribution in [1.29, 1.82) is 0 Å². The van der Waals surface area contributed by atoms with E-state index in [0.29, 0.717) is 6.61 Å². The first-order valence-electron chi connectivity index (χ1n) is 6.85. The van der Waals surface area contributed by atoms with Crippen molar-refractivity contribution < 1.29 is 9.53 Å². The van der Waals surface area contributed by atoms with Crippen molar-refractivity contribution in [1.82, 2.24) is 0 Å². The van der Waals surface area contributed by atoms with Crippen molar-refractivity contribution >= 4 is 22.9 Å². The number of aryl methyl sites for hydroxylation is 2. The van der Waals surface area contributed by atoms with Gasteiger partial charge in [0.25, 0.3) is 0 Å². The highest BCUT2D eigenvalue weighted by Crippen LogP contribution is 2.22. The summed E-state index contributed by atoms with van der Waals surface area (Å²) in [5.41, 5.74) is 7.44. The number of amides is 1. The summed E-state index contributed by atoms with van der Waals surface area (Å²) in [4.78, 5) is 13.3. The molecule has 4 nitrogen and oxygen atoms in total. The van der Waals surface area contributed by atoms with E-state index >= 15 is 0 Å². The van der Waals surface area contributed by atoms with Crippen molar-refractivity contribution in [2.24, 2.45) is 5.73 Å². The number of benzene rings is 1. The number of carbonyl (C=O) groups excluding carboxylic acids is 1. The molecule has 112 valence electrons. The highest BCUT2D eigenvalue weighted by molar-refractivity contribution is 7.12. The number of hydrogen-bond donors (Lipinski definition) is 2. The first-order chi connectivity index (χ1) is 10.0. The van der Waals surface area contributed by atoms with Crippen LogP contribution < -0.4 is 15.8 Å². The number of nitrogens with one attached hydrogen (secondary N) is 1. The summed E-state index contributed by atoms with van der Waals surface area (Å²) >= 11 is 1.82. The normalized spacial score (nSPS) is 10.4. The molecule has 3 N–H and O–H groups in total. The Morgan fingerprint density at radius 3 is 2.57 bits per heavy atom. The van der Waals surface area contributed by atoms with Gasteiger partial charge in [0, 0.05) is 22.0 Å².